The molecule has 0 atom stereocenters. The van der Waals surface area contributed by atoms with Gasteiger partial charge in [-0.1, -0.05) is 18.2 Å². The van der Waals surface area contributed by atoms with Gasteiger partial charge in [0, 0.05) is 5.56 Å². The van der Waals surface area contributed by atoms with Crippen molar-refractivity contribution in [3.8, 4) is 17.2 Å². The van der Waals surface area contributed by atoms with E-state index in [4.69, 9.17) is 14.2 Å². The summed E-state index contributed by atoms with van der Waals surface area (Å²) in [5.41, 5.74) is 1.94. The first-order chi connectivity index (χ1) is 15.9. The number of rotatable bonds is 9. The van der Waals surface area contributed by atoms with E-state index in [-0.39, 0.29) is 4.91 Å². The highest BCUT2D eigenvalue weighted by atomic mass is 32.2. The van der Waals surface area contributed by atoms with Crippen LogP contribution < -0.4 is 19.5 Å². The molecule has 3 amide bonds. The number of hydrogen-bond donors (Lipinski definition) is 1. The second-order valence-corrected chi connectivity index (χ2v) is 7.92. The number of para-hydroxylation sites is 2. The minimum atomic E-state index is -0.541. The van der Waals surface area contributed by atoms with Crippen molar-refractivity contribution in [3.63, 3.8) is 0 Å². The molecule has 1 N–H and O–H groups in total. The van der Waals surface area contributed by atoms with Gasteiger partial charge in [0.15, 0.2) is 11.5 Å². The van der Waals surface area contributed by atoms with Crippen molar-refractivity contribution < 1.29 is 28.6 Å². The lowest BCUT2D eigenvalue weighted by Gasteiger charge is -2.14. The summed E-state index contributed by atoms with van der Waals surface area (Å²) in [5.74, 6) is 0.500. The lowest BCUT2D eigenvalue weighted by atomic mass is 10.0. The molecule has 0 unspecified atom stereocenters. The summed E-state index contributed by atoms with van der Waals surface area (Å²) in [6.07, 6.45) is 3.86. The van der Waals surface area contributed by atoms with Crippen LogP contribution in [0.4, 0.5) is 10.5 Å². The fraction of sp³-hybridized carbons (Fsp3) is 0.208. The number of benzene rings is 2. The number of ether oxygens (including phenoxy) is 3. The molecule has 8 nitrogen and oxygen atoms in total. The van der Waals surface area contributed by atoms with E-state index in [2.05, 4.69) is 11.9 Å². The number of allylic oxidation sites excluding steroid dienone is 1. The molecule has 0 spiro atoms. The zero-order chi connectivity index (χ0) is 24.0. The van der Waals surface area contributed by atoms with Crippen LogP contribution in [0, 0.1) is 0 Å². The first-order valence-electron chi connectivity index (χ1n) is 9.95. The number of nitrogens with zero attached hydrogens (tertiary/aromatic N) is 1. The monoisotopic (exact) mass is 468 g/mol. The summed E-state index contributed by atoms with van der Waals surface area (Å²) < 4.78 is 16.0. The lowest BCUT2D eigenvalue weighted by Crippen LogP contribution is -2.36. The molecular weight excluding hydrogens is 444 g/mol. The maximum Gasteiger partial charge on any atom is 0.294 e. The predicted molar refractivity (Wildman–Crippen MR) is 128 cm³/mol. The van der Waals surface area contributed by atoms with E-state index in [0.29, 0.717) is 34.9 Å². The summed E-state index contributed by atoms with van der Waals surface area (Å²) >= 11 is 0.777. The number of thioether (sulfide) groups is 1. The molecule has 0 aliphatic carbocycles. The van der Waals surface area contributed by atoms with E-state index < -0.39 is 23.6 Å². The minimum Gasteiger partial charge on any atom is -0.495 e. The number of anilines is 1. The summed E-state index contributed by atoms with van der Waals surface area (Å²) in [4.78, 5) is 38.9. The Morgan fingerprint density at radius 2 is 1.82 bits per heavy atom. The minimum absolute atomic E-state index is 0.210. The molecule has 2 aromatic rings. The Balaban J connectivity index is 1.80. The zero-order valence-corrected chi connectivity index (χ0v) is 19.4. The molecule has 1 heterocycles. The number of carbonyl (C=O) groups is 3. The largest absolute Gasteiger partial charge is 0.495 e. The molecule has 1 aliphatic rings. The fourth-order valence-electron chi connectivity index (χ4n) is 3.33. The molecule has 172 valence electrons. The first-order valence-corrected chi connectivity index (χ1v) is 10.8. The van der Waals surface area contributed by atoms with Crippen LogP contribution in [0.2, 0.25) is 0 Å². The van der Waals surface area contributed by atoms with Crippen LogP contribution in [-0.4, -0.2) is 49.8 Å². The standard InChI is InChI=1S/C24H24N2O6S/c1-5-8-16-11-15(12-19(31-3)22(16)32-4)13-20-23(28)26(24(29)33-20)14-21(27)25-17-9-6-7-10-18(17)30-2/h5-7,9-13H,1,8,14H2,2-4H3,(H,25,27)/b20-13-. The zero-order valence-electron chi connectivity index (χ0n) is 18.5. The Morgan fingerprint density at radius 3 is 2.48 bits per heavy atom. The molecule has 0 aromatic heterocycles. The molecule has 1 saturated heterocycles. The molecule has 0 saturated carbocycles. The average Bonchev–Trinajstić information content (AvgIpc) is 3.06. The molecule has 1 fully saturated rings. The Bertz CT molecular complexity index is 1130. The van der Waals surface area contributed by atoms with Crippen molar-refractivity contribution >= 4 is 40.6 Å². The average molecular weight is 469 g/mol. The molecule has 33 heavy (non-hydrogen) atoms. The van der Waals surface area contributed by atoms with Gasteiger partial charge in [0.25, 0.3) is 11.1 Å². The van der Waals surface area contributed by atoms with E-state index in [0.717, 1.165) is 22.2 Å². The topological polar surface area (TPSA) is 94.2 Å². The third-order valence-corrected chi connectivity index (χ3v) is 5.70. The SMILES string of the molecule is C=CCc1cc(/C=C2\SC(=O)N(CC(=O)Nc3ccccc3OC)C2=O)cc(OC)c1OC. The molecule has 0 bridgehead atoms. The van der Waals surface area contributed by atoms with Crippen molar-refractivity contribution in [1.29, 1.82) is 0 Å². The van der Waals surface area contributed by atoms with Crippen molar-refractivity contribution in [1.82, 2.24) is 4.90 Å². The maximum atomic E-state index is 12.9. The van der Waals surface area contributed by atoms with Gasteiger partial charge in [0.2, 0.25) is 5.91 Å². The normalized spacial score (nSPS) is 14.4. The fourth-order valence-corrected chi connectivity index (χ4v) is 4.16. The predicted octanol–water partition coefficient (Wildman–Crippen LogP) is 4.12. The van der Waals surface area contributed by atoms with Gasteiger partial charge in [-0.2, -0.15) is 0 Å². The summed E-state index contributed by atoms with van der Waals surface area (Å²) in [6.45, 7) is 3.34. The van der Waals surface area contributed by atoms with Crippen LogP contribution in [0.1, 0.15) is 11.1 Å². The highest BCUT2D eigenvalue weighted by molar-refractivity contribution is 8.18. The Hall–Kier alpha value is -3.72. The molecular formula is C24H24N2O6S. The van der Waals surface area contributed by atoms with Crippen LogP contribution in [0.5, 0.6) is 17.2 Å². The van der Waals surface area contributed by atoms with Crippen molar-refractivity contribution in [2.75, 3.05) is 33.2 Å². The van der Waals surface area contributed by atoms with Gasteiger partial charge in [0.1, 0.15) is 12.3 Å². The smallest absolute Gasteiger partial charge is 0.294 e. The molecule has 2 aromatic carbocycles. The summed E-state index contributed by atoms with van der Waals surface area (Å²) in [6, 6.07) is 10.4. The number of imide groups is 1. The van der Waals surface area contributed by atoms with Crippen LogP contribution in [0.25, 0.3) is 6.08 Å². The molecule has 1 aliphatic heterocycles. The van der Waals surface area contributed by atoms with Crippen LogP contribution in [-0.2, 0) is 16.0 Å². The lowest BCUT2D eigenvalue weighted by molar-refractivity contribution is -0.127. The van der Waals surface area contributed by atoms with Crippen LogP contribution in [0.3, 0.4) is 0 Å². The summed E-state index contributed by atoms with van der Waals surface area (Å²) in [7, 11) is 4.56. The number of hydrogen-bond acceptors (Lipinski definition) is 7. The maximum absolute atomic E-state index is 12.9. The molecule has 3 rings (SSSR count). The van der Waals surface area contributed by atoms with E-state index in [1.54, 1.807) is 49.6 Å². The quantitative estimate of drug-likeness (QED) is 0.437. The van der Waals surface area contributed by atoms with E-state index in [1.165, 1.54) is 14.2 Å². The number of nitrogens with one attached hydrogen (secondary N) is 1. The second-order valence-electron chi connectivity index (χ2n) is 6.92. The van der Waals surface area contributed by atoms with Gasteiger partial charge in [-0.15, -0.1) is 6.58 Å². The van der Waals surface area contributed by atoms with Gasteiger partial charge in [0.05, 0.1) is 31.9 Å². The summed E-state index contributed by atoms with van der Waals surface area (Å²) in [5, 5.41) is 2.14. The van der Waals surface area contributed by atoms with Crippen LogP contribution >= 0.6 is 11.8 Å². The van der Waals surface area contributed by atoms with Crippen molar-refractivity contribution in [3.05, 3.63) is 65.1 Å². The first kappa shape index (κ1) is 23.9. The van der Waals surface area contributed by atoms with Gasteiger partial charge >= 0.3 is 0 Å². The van der Waals surface area contributed by atoms with E-state index in [1.807, 2.05) is 6.07 Å². The Morgan fingerprint density at radius 1 is 1.09 bits per heavy atom. The number of carbonyl (C=O) groups excluding carboxylic acids is 3. The van der Waals surface area contributed by atoms with E-state index >= 15 is 0 Å². The highest BCUT2D eigenvalue weighted by Crippen LogP contribution is 2.37. The van der Waals surface area contributed by atoms with Crippen LogP contribution in [0.15, 0.2) is 54.0 Å². The third kappa shape index (κ3) is 5.38. The highest BCUT2D eigenvalue weighted by Gasteiger charge is 2.36. The number of methoxy groups -OCH3 is 3. The van der Waals surface area contributed by atoms with Crippen molar-refractivity contribution in [2.45, 2.75) is 6.42 Å². The van der Waals surface area contributed by atoms with Crippen molar-refractivity contribution in [2.24, 2.45) is 0 Å². The number of amides is 3. The molecule has 9 heteroatoms. The Labute approximate surface area is 196 Å². The second kappa shape index (κ2) is 10.7. The van der Waals surface area contributed by atoms with Gasteiger partial charge in [-0.25, -0.2) is 0 Å². The van der Waals surface area contributed by atoms with E-state index in [9.17, 15) is 14.4 Å². The third-order valence-electron chi connectivity index (χ3n) is 4.80. The van der Waals surface area contributed by atoms with Gasteiger partial charge in [-0.05, 0) is 54.1 Å². The molecule has 0 radical (unpaired) electrons. The van der Waals surface area contributed by atoms with Gasteiger partial charge in [-0.3, -0.25) is 19.3 Å². The Kier molecular flexibility index (Phi) is 7.78. The van der Waals surface area contributed by atoms with Gasteiger partial charge < -0.3 is 19.5 Å².